The molecule has 2 aliphatic heterocycles. The van der Waals surface area contributed by atoms with Gasteiger partial charge in [0.2, 0.25) is 0 Å². The Morgan fingerprint density at radius 1 is 1.25 bits per heavy atom. The van der Waals surface area contributed by atoms with Gasteiger partial charge in [-0.25, -0.2) is 0 Å². The second-order valence-electron chi connectivity index (χ2n) is 5.06. The minimum atomic E-state index is 0.586. The monoisotopic (exact) mass is 221 g/mol. The molecule has 0 N–H and O–H groups in total. The number of hydrogen-bond acceptors (Lipinski definition) is 3. The summed E-state index contributed by atoms with van der Waals surface area (Å²) in [4.78, 5) is 9.28. The van der Waals surface area contributed by atoms with E-state index < -0.39 is 0 Å². The first-order valence-electron chi connectivity index (χ1n) is 6.42. The van der Waals surface area contributed by atoms with Crippen molar-refractivity contribution in [3.8, 4) is 0 Å². The van der Waals surface area contributed by atoms with E-state index in [4.69, 9.17) is 0 Å². The van der Waals surface area contributed by atoms with Crippen LogP contribution in [-0.4, -0.2) is 54.8 Å². The molecule has 1 unspecified atom stereocenters. The van der Waals surface area contributed by atoms with Crippen LogP contribution >= 0.6 is 0 Å². The van der Waals surface area contributed by atoms with Crippen LogP contribution in [0.15, 0.2) is 17.3 Å². The Labute approximate surface area is 98.8 Å². The number of allylic oxidation sites excluding steroid dienone is 1. The van der Waals surface area contributed by atoms with Gasteiger partial charge in [0.15, 0.2) is 0 Å². The molecule has 0 aromatic heterocycles. The zero-order chi connectivity index (χ0) is 11.4. The summed E-state index contributed by atoms with van der Waals surface area (Å²) in [7, 11) is 0. The standard InChI is InChI=1S/C13H23N3/c1-12(2)16-9-7-15(8-10-16)6-4-13-3-5-14-11-13/h3,5,11-13H,4,6-10H2,1-2H3. The van der Waals surface area contributed by atoms with Crippen LogP contribution in [0.2, 0.25) is 0 Å². The maximum absolute atomic E-state index is 4.13. The summed E-state index contributed by atoms with van der Waals surface area (Å²) in [6.45, 7) is 10.7. The van der Waals surface area contributed by atoms with Gasteiger partial charge in [0.1, 0.15) is 0 Å². The van der Waals surface area contributed by atoms with Crippen LogP contribution in [0, 0.1) is 5.92 Å². The normalized spacial score (nSPS) is 27.1. The molecule has 3 heteroatoms. The van der Waals surface area contributed by atoms with E-state index in [1.807, 2.05) is 6.20 Å². The van der Waals surface area contributed by atoms with Gasteiger partial charge < -0.3 is 4.90 Å². The van der Waals surface area contributed by atoms with E-state index in [1.165, 1.54) is 39.1 Å². The van der Waals surface area contributed by atoms with Crippen LogP contribution in [0.4, 0.5) is 0 Å². The molecule has 16 heavy (non-hydrogen) atoms. The summed E-state index contributed by atoms with van der Waals surface area (Å²) in [6.07, 6.45) is 7.40. The first-order valence-corrected chi connectivity index (χ1v) is 6.42. The van der Waals surface area contributed by atoms with Crippen molar-refractivity contribution < 1.29 is 0 Å². The maximum atomic E-state index is 4.13. The Balaban J connectivity index is 1.65. The van der Waals surface area contributed by atoms with Gasteiger partial charge in [0, 0.05) is 50.6 Å². The van der Waals surface area contributed by atoms with Crippen molar-refractivity contribution in [3.05, 3.63) is 12.3 Å². The van der Waals surface area contributed by atoms with Crippen molar-refractivity contribution in [2.45, 2.75) is 26.3 Å². The highest BCUT2D eigenvalue weighted by Crippen LogP contribution is 2.11. The molecule has 0 saturated carbocycles. The van der Waals surface area contributed by atoms with Crippen LogP contribution < -0.4 is 0 Å². The topological polar surface area (TPSA) is 18.8 Å². The van der Waals surface area contributed by atoms with E-state index >= 15 is 0 Å². The molecule has 0 bridgehead atoms. The Morgan fingerprint density at radius 3 is 2.56 bits per heavy atom. The second kappa shape index (κ2) is 5.60. The molecule has 90 valence electrons. The highest BCUT2D eigenvalue weighted by molar-refractivity contribution is 5.66. The van der Waals surface area contributed by atoms with E-state index in [2.05, 4.69) is 40.9 Å². The molecule has 3 nitrogen and oxygen atoms in total. The summed E-state index contributed by atoms with van der Waals surface area (Å²) in [6, 6.07) is 0.701. The van der Waals surface area contributed by atoms with E-state index in [1.54, 1.807) is 0 Å². The van der Waals surface area contributed by atoms with Gasteiger partial charge in [-0.05, 0) is 26.8 Å². The third kappa shape index (κ3) is 3.16. The van der Waals surface area contributed by atoms with Crippen LogP contribution in [0.3, 0.4) is 0 Å². The lowest BCUT2D eigenvalue weighted by atomic mass is 10.1. The minimum absolute atomic E-state index is 0.586. The summed E-state index contributed by atoms with van der Waals surface area (Å²) in [5.74, 6) is 0.586. The SMILES string of the molecule is CC(C)N1CCN(CCC2C=CN=C2)CC1. The predicted octanol–water partition coefficient (Wildman–Crippen LogP) is 1.62. The molecule has 0 aliphatic carbocycles. The summed E-state index contributed by atoms with van der Waals surface area (Å²) < 4.78 is 0. The molecule has 1 fully saturated rings. The summed E-state index contributed by atoms with van der Waals surface area (Å²) in [5.41, 5.74) is 0. The second-order valence-corrected chi connectivity index (χ2v) is 5.06. The van der Waals surface area contributed by atoms with Crippen LogP contribution in [0.25, 0.3) is 0 Å². The highest BCUT2D eigenvalue weighted by atomic mass is 15.3. The molecule has 1 saturated heterocycles. The van der Waals surface area contributed by atoms with E-state index in [-0.39, 0.29) is 0 Å². The quantitative estimate of drug-likeness (QED) is 0.718. The van der Waals surface area contributed by atoms with Crippen LogP contribution in [0.1, 0.15) is 20.3 Å². The molecule has 2 heterocycles. The lowest BCUT2D eigenvalue weighted by Gasteiger charge is -2.37. The fourth-order valence-corrected chi connectivity index (χ4v) is 2.38. The summed E-state index contributed by atoms with van der Waals surface area (Å²) >= 11 is 0. The number of piperazine rings is 1. The number of hydrogen-bond donors (Lipinski definition) is 0. The zero-order valence-electron chi connectivity index (χ0n) is 10.5. The number of rotatable bonds is 4. The van der Waals surface area contributed by atoms with Crippen LogP contribution in [-0.2, 0) is 0 Å². The number of nitrogens with zero attached hydrogens (tertiary/aromatic N) is 3. The lowest BCUT2D eigenvalue weighted by Crippen LogP contribution is -2.49. The molecule has 2 rings (SSSR count). The van der Waals surface area contributed by atoms with Crippen molar-refractivity contribution >= 4 is 6.21 Å². The maximum Gasteiger partial charge on any atom is 0.0230 e. The predicted molar refractivity (Wildman–Crippen MR) is 68.9 cm³/mol. The first-order chi connectivity index (χ1) is 7.75. The molecule has 0 amide bonds. The summed E-state index contributed by atoms with van der Waals surface area (Å²) in [5, 5.41) is 0. The molecule has 0 spiro atoms. The van der Waals surface area contributed by atoms with E-state index in [9.17, 15) is 0 Å². The molecule has 2 aliphatic rings. The van der Waals surface area contributed by atoms with E-state index in [0.29, 0.717) is 12.0 Å². The van der Waals surface area contributed by atoms with Gasteiger partial charge in [-0.1, -0.05) is 6.08 Å². The van der Waals surface area contributed by atoms with Gasteiger partial charge in [-0.15, -0.1) is 0 Å². The highest BCUT2D eigenvalue weighted by Gasteiger charge is 2.18. The van der Waals surface area contributed by atoms with Crippen molar-refractivity contribution in [1.29, 1.82) is 0 Å². The van der Waals surface area contributed by atoms with Crippen LogP contribution in [0.5, 0.6) is 0 Å². The molecular weight excluding hydrogens is 198 g/mol. The Bertz CT molecular complexity index is 250. The fourth-order valence-electron chi connectivity index (χ4n) is 2.38. The van der Waals surface area contributed by atoms with Crippen molar-refractivity contribution in [1.82, 2.24) is 9.80 Å². The molecule has 1 atom stereocenters. The van der Waals surface area contributed by atoms with E-state index in [0.717, 1.165) is 0 Å². The Morgan fingerprint density at radius 2 is 2.00 bits per heavy atom. The molecule has 0 radical (unpaired) electrons. The fraction of sp³-hybridized carbons (Fsp3) is 0.769. The average molecular weight is 221 g/mol. The minimum Gasteiger partial charge on any atom is -0.301 e. The average Bonchev–Trinajstić information content (AvgIpc) is 2.80. The lowest BCUT2D eigenvalue weighted by molar-refractivity contribution is 0.107. The van der Waals surface area contributed by atoms with Gasteiger partial charge in [-0.2, -0.15) is 0 Å². The first kappa shape index (κ1) is 11.8. The third-order valence-electron chi connectivity index (χ3n) is 3.61. The van der Waals surface area contributed by atoms with Gasteiger partial charge in [0.05, 0.1) is 0 Å². The molecule has 0 aromatic rings. The third-order valence-corrected chi connectivity index (χ3v) is 3.61. The molecular formula is C13H23N3. The van der Waals surface area contributed by atoms with Crippen molar-refractivity contribution in [2.24, 2.45) is 10.9 Å². The Hall–Kier alpha value is -0.670. The zero-order valence-corrected chi connectivity index (χ0v) is 10.5. The largest absolute Gasteiger partial charge is 0.301 e. The smallest absolute Gasteiger partial charge is 0.0230 e. The van der Waals surface area contributed by atoms with Gasteiger partial charge >= 0.3 is 0 Å². The molecule has 0 aromatic carbocycles. The van der Waals surface area contributed by atoms with Gasteiger partial charge in [0.25, 0.3) is 0 Å². The van der Waals surface area contributed by atoms with Gasteiger partial charge in [-0.3, -0.25) is 9.89 Å². The Kier molecular flexibility index (Phi) is 4.13. The number of aliphatic imine (C=N–C) groups is 1. The van der Waals surface area contributed by atoms with Crippen molar-refractivity contribution in [2.75, 3.05) is 32.7 Å². The van der Waals surface area contributed by atoms with Crippen molar-refractivity contribution in [3.63, 3.8) is 0 Å².